The average molecular weight is 843 g/mol. The van der Waals surface area contributed by atoms with Crippen LogP contribution in [0.15, 0.2) is 122 Å². The summed E-state index contributed by atoms with van der Waals surface area (Å²) in [6.45, 7) is 6.22. The van der Waals surface area contributed by atoms with Crippen molar-refractivity contribution in [1.82, 2.24) is 0 Å². The number of carbonyl (C=O) groups is 3. The molecule has 0 aromatic carbocycles. The molecule has 0 aromatic heterocycles. The molecule has 0 heterocycles. The van der Waals surface area contributed by atoms with Crippen molar-refractivity contribution in [2.45, 2.75) is 194 Å². The first-order valence-corrected chi connectivity index (χ1v) is 24.2. The first-order chi connectivity index (χ1) is 30.0. The Morgan fingerprint density at radius 2 is 0.672 bits per heavy atom. The molecule has 0 aliphatic rings. The van der Waals surface area contributed by atoms with Gasteiger partial charge in [0, 0.05) is 19.3 Å². The van der Waals surface area contributed by atoms with Gasteiger partial charge in [-0.3, -0.25) is 14.4 Å². The van der Waals surface area contributed by atoms with Crippen LogP contribution >= 0.6 is 0 Å². The third kappa shape index (κ3) is 46.7. The summed E-state index contributed by atoms with van der Waals surface area (Å²) in [5.41, 5.74) is 0. The van der Waals surface area contributed by atoms with E-state index < -0.39 is 12.1 Å². The van der Waals surface area contributed by atoms with Crippen LogP contribution in [0.1, 0.15) is 188 Å². The lowest BCUT2D eigenvalue weighted by atomic mass is 10.1. The molecule has 0 saturated heterocycles. The van der Waals surface area contributed by atoms with Crippen LogP contribution in [-0.2, 0) is 28.6 Å². The van der Waals surface area contributed by atoms with Crippen LogP contribution in [0.2, 0.25) is 0 Å². The molecule has 0 aliphatic heterocycles. The Kier molecular flexibility index (Phi) is 45.1. The van der Waals surface area contributed by atoms with Gasteiger partial charge in [-0.15, -0.1) is 0 Å². The van der Waals surface area contributed by atoms with E-state index in [1.165, 1.54) is 77.0 Å². The molecule has 0 spiro atoms. The third-order valence-corrected chi connectivity index (χ3v) is 9.65. The molecule has 0 amide bonds. The number of rotatable bonds is 41. The Balaban J connectivity index is 4.55. The van der Waals surface area contributed by atoms with Gasteiger partial charge in [-0.2, -0.15) is 0 Å². The van der Waals surface area contributed by atoms with E-state index in [-0.39, 0.29) is 31.6 Å². The van der Waals surface area contributed by atoms with Crippen molar-refractivity contribution in [3.05, 3.63) is 122 Å². The molecule has 1 atom stereocenters. The van der Waals surface area contributed by atoms with Crippen LogP contribution in [0.5, 0.6) is 0 Å². The van der Waals surface area contributed by atoms with Crippen LogP contribution in [0.4, 0.5) is 0 Å². The Bertz CT molecular complexity index is 1340. The Labute approximate surface area is 373 Å². The number of ether oxygens (including phenoxy) is 3. The van der Waals surface area contributed by atoms with Gasteiger partial charge in [0.15, 0.2) is 6.10 Å². The van der Waals surface area contributed by atoms with Crippen LogP contribution in [0.3, 0.4) is 0 Å². The number of carbonyl (C=O) groups excluding carboxylic acids is 3. The van der Waals surface area contributed by atoms with Crippen molar-refractivity contribution in [3.8, 4) is 0 Å². The molecular formula is C55H86O6. The molecule has 0 radical (unpaired) electrons. The van der Waals surface area contributed by atoms with Gasteiger partial charge in [-0.25, -0.2) is 0 Å². The largest absolute Gasteiger partial charge is 0.462 e. The van der Waals surface area contributed by atoms with E-state index in [0.29, 0.717) is 19.3 Å². The summed E-state index contributed by atoms with van der Waals surface area (Å²) < 4.78 is 16.6. The molecule has 0 rings (SSSR count). The fraction of sp³-hybridized carbons (Fsp3) is 0.582. The van der Waals surface area contributed by atoms with E-state index in [0.717, 1.165) is 64.2 Å². The summed E-state index contributed by atoms with van der Waals surface area (Å²) in [7, 11) is 0. The second-order valence-corrected chi connectivity index (χ2v) is 15.5. The van der Waals surface area contributed by atoms with Gasteiger partial charge in [0.05, 0.1) is 0 Å². The number of allylic oxidation sites excluding steroid dienone is 20. The standard InChI is InChI=1S/C55H86O6/c1-4-7-10-13-16-19-22-25-26-27-28-31-33-36-39-42-45-48-54(57)60-51-52(61-55(58)49-46-43-40-37-34-30-24-21-18-15-12-9-6-3)50-59-53(56)47-44-41-38-35-32-29-23-20-17-14-11-8-5-2/h8-9,11-12,14-15,17-18,20-21,23-26,29-30,32,34,37,40,52H,4-7,10,13,16,19,22,27-28,31,33,35-36,38-39,41-51H2,1-3H3/b11-8+,12-9+,17-14+,18-15+,23-20+,24-21+,26-25+,32-29+,34-30+,40-37+. The number of unbranched alkanes of at least 4 members (excludes halogenated alkanes) is 17. The fourth-order valence-electron chi connectivity index (χ4n) is 6.06. The molecule has 342 valence electrons. The number of hydrogen-bond donors (Lipinski definition) is 0. The maximum Gasteiger partial charge on any atom is 0.306 e. The van der Waals surface area contributed by atoms with Crippen molar-refractivity contribution in [2.75, 3.05) is 13.2 Å². The smallest absolute Gasteiger partial charge is 0.306 e. The van der Waals surface area contributed by atoms with Gasteiger partial charge >= 0.3 is 17.9 Å². The van der Waals surface area contributed by atoms with E-state index >= 15 is 0 Å². The van der Waals surface area contributed by atoms with Crippen molar-refractivity contribution in [3.63, 3.8) is 0 Å². The Morgan fingerprint density at radius 3 is 1.11 bits per heavy atom. The minimum absolute atomic E-state index is 0.125. The Hall–Kier alpha value is -4.19. The lowest BCUT2D eigenvalue weighted by molar-refractivity contribution is -0.167. The minimum atomic E-state index is -0.835. The van der Waals surface area contributed by atoms with Crippen molar-refractivity contribution >= 4 is 17.9 Å². The lowest BCUT2D eigenvalue weighted by Crippen LogP contribution is -2.30. The van der Waals surface area contributed by atoms with Crippen LogP contribution in [0.25, 0.3) is 0 Å². The van der Waals surface area contributed by atoms with Gasteiger partial charge in [-0.05, 0) is 77.0 Å². The zero-order valence-electron chi connectivity index (χ0n) is 38.9. The summed E-state index contributed by atoms with van der Waals surface area (Å²) in [4.78, 5) is 37.8. The van der Waals surface area contributed by atoms with Gasteiger partial charge in [0.25, 0.3) is 0 Å². The van der Waals surface area contributed by atoms with E-state index in [1.54, 1.807) is 0 Å². The van der Waals surface area contributed by atoms with Gasteiger partial charge in [0.1, 0.15) is 13.2 Å². The highest BCUT2D eigenvalue weighted by Gasteiger charge is 2.19. The normalized spacial score (nSPS) is 13.2. The van der Waals surface area contributed by atoms with E-state index in [9.17, 15) is 14.4 Å². The van der Waals surface area contributed by atoms with E-state index in [4.69, 9.17) is 14.2 Å². The topological polar surface area (TPSA) is 78.9 Å². The molecule has 0 aromatic rings. The molecule has 6 heteroatoms. The van der Waals surface area contributed by atoms with Crippen LogP contribution in [0, 0.1) is 0 Å². The number of esters is 3. The fourth-order valence-corrected chi connectivity index (χ4v) is 6.06. The SMILES string of the molecule is CC/C=C/C=C/C=C/C=C/C=C/CCCC(=O)OC(COC(=O)CCCCC/C=C/C=C/C=C/C=C/CC)COC(=O)CCCCCCCCC/C=C/CCCCCCCC. The van der Waals surface area contributed by atoms with E-state index in [2.05, 4.69) is 51.2 Å². The second kappa shape index (κ2) is 48.5. The highest BCUT2D eigenvalue weighted by Crippen LogP contribution is 2.13. The predicted molar refractivity (Wildman–Crippen MR) is 260 cm³/mol. The average Bonchev–Trinajstić information content (AvgIpc) is 3.26. The molecule has 0 saturated carbocycles. The molecule has 1 unspecified atom stereocenters. The zero-order chi connectivity index (χ0) is 44.4. The van der Waals surface area contributed by atoms with Crippen molar-refractivity contribution in [1.29, 1.82) is 0 Å². The monoisotopic (exact) mass is 843 g/mol. The molecule has 0 N–H and O–H groups in total. The third-order valence-electron chi connectivity index (χ3n) is 9.65. The first kappa shape index (κ1) is 56.8. The molecule has 0 aliphatic carbocycles. The maximum atomic E-state index is 12.7. The second-order valence-electron chi connectivity index (χ2n) is 15.5. The summed E-state index contributed by atoms with van der Waals surface area (Å²) in [5, 5.41) is 0. The van der Waals surface area contributed by atoms with Crippen LogP contribution < -0.4 is 0 Å². The van der Waals surface area contributed by atoms with E-state index in [1.807, 2.05) is 91.1 Å². The van der Waals surface area contributed by atoms with Crippen molar-refractivity contribution < 1.29 is 28.6 Å². The summed E-state index contributed by atoms with van der Waals surface area (Å²) in [6.07, 6.45) is 66.2. The summed E-state index contributed by atoms with van der Waals surface area (Å²) in [5.74, 6) is -1.06. The highest BCUT2D eigenvalue weighted by atomic mass is 16.6. The molecule has 0 bridgehead atoms. The molecule has 6 nitrogen and oxygen atoms in total. The molecule has 0 fully saturated rings. The summed E-state index contributed by atoms with van der Waals surface area (Å²) >= 11 is 0. The first-order valence-electron chi connectivity index (χ1n) is 24.2. The lowest BCUT2D eigenvalue weighted by Gasteiger charge is -2.18. The maximum absolute atomic E-state index is 12.7. The summed E-state index contributed by atoms with van der Waals surface area (Å²) in [6, 6.07) is 0. The van der Waals surface area contributed by atoms with Crippen LogP contribution in [-0.4, -0.2) is 37.2 Å². The molecule has 61 heavy (non-hydrogen) atoms. The molecular weight excluding hydrogens is 757 g/mol. The number of hydrogen-bond acceptors (Lipinski definition) is 6. The van der Waals surface area contributed by atoms with Gasteiger partial charge < -0.3 is 14.2 Å². The van der Waals surface area contributed by atoms with Gasteiger partial charge in [-0.1, -0.05) is 213 Å². The quantitative estimate of drug-likeness (QED) is 0.0201. The Morgan fingerprint density at radius 1 is 0.344 bits per heavy atom. The minimum Gasteiger partial charge on any atom is -0.462 e. The van der Waals surface area contributed by atoms with Crippen molar-refractivity contribution in [2.24, 2.45) is 0 Å². The zero-order valence-corrected chi connectivity index (χ0v) is 38.9. The van der Waals surface area contributed by atoms with Gasteiger partial charge in [0.2, 0.25) is 0 Å². The highest BCUT2D eigenvalue weighted by molar-refractivity contribution is 5.71. The predicted octanol–water partition coefficient (Wildman–Crippen LogP) is 15.7.